The Morgan fingerprint density at radius 3 is 2.08 bits per heavy atom. The van der Waals surface area contributed by atoms with Gasteiger partial charge in [0.1, 0.15) is 0 Å². The van der Waals surface area contributed by atoms with Gasteiger partial charge in [-0.25, -0.2) is 0 Å². The summed E-state index contributed by atoms with van der Waals surface area (Å²) in [7, 11) is 2.90. The molecule has 204 valence electrons. The molecular formula is C32H46N4P2. The molecule has 6 heteroatoms. The van der Waals surface area contributed by atoms with Crippen LogP contribution in [-0.4, -0.2) is 57.0 Å². The molecule has 4 saturated carbocycles. The standard InChI is InChI=1S/C32H46N4P2/c37-20-29-26-13-22-12-23(14-26)17-32(29,16-22)28-7-6-25(24-4-2-1-3-5-24)15-27(28)21-38(30-18-33-8-10-35-30)31-19-34-9-11-36-31/h1-7,15,22-23,26,29-31,33-36H,8-14,16-21,37H2. The van der Waals surface area contributed by atoms with Gasteiger partial charge in [-0.1, -0.05) is 56.5 Å². The highest BCUT2D eigenvalue weighted by atomic mass is 31.1. The van der Waals surface area contributed by atoms with Crippen molar-refractivity contribution in [2.75, 3.05) is 45.4 Å². The average Bonchev–Trinajstić information content (AvgIpc) is 2.97. The minimum atomic E-state index is -0.283. The fourth-order valence-corrected chi connectivity index (χ4v) is 13.2. The highest BCUT2D eigenvalue weighted by Gasteiger charge is 2.57. The van der Waals surface area contributed by atoms with Gasteiger partial charge >= 0.3 is 0 Å². The molecule has 2 saturated heterocycles. The third-order valence-corrected chi connectivity index (χ3v) is 14.3. The van der Waals surface area contributed by atoms with Crippen LogP contribution >= 0.6 is 17.2 Å². The number of hydrogen-bond acceptors (Lipinski definition) is 4. The van der Waals surface area contributed by atoms with Gasteiger partial charge < -0.3 is 21.3 Å². The van der Waals surface area contributed by atoms with Gasteiger partial charge in [0.25, 0.3) is 0 Å². The zero-order valence-corrected chi connectivity index (χ0v) is 24.8. The third-order valence-electron chi connectivity index (χ3n) is 10.7. The summed E-state index contributed by atoms with van der Waals surface area (Å²) in [6, 6.07) is 18.8. The lowest BCUT2D eigenvalue weighted by atomic mass is 9.43. The molecule has 4 nitrogen and oxygen atoms in total. The summed E-state index contributed by atoms with van der Waals surface area (Å²) in [6.07, 6.45) is 9.84. The van der Waals surface area contributed by atoms with E-state index < -0.39 is 0 Å². The quantitative estimate of drug-likeness (QED) is 0.370. The Labute approximate surface area is 233 Å². The van der Waals surface area contributed by atoms with Gasteiger partial charge in [0.05, 0.1) is 0 Å². The summed E-state index contributed by atoms with van der Waals surface area (Å²) in [4.78, 5) is 0. The van der Waals surface area contributed by atoms with Crippen LogP contribution in [0.1, 0.15) is 43.2 Å². The molecule has 2 heterocycles. The predicted molar refractivity (Wildman–Crippen MR) is 165 cm³/mol. The maximum Gasteiger partial charge on any atom is 0.0413 e. The minimum Gasteiger partial charge on any atom is -0.314 e. The van der Waals surface area contributed by atoms with Crippen LogP contribution in [0.3, 0.4) is 0 Å². The van der Waals surface area contributed by atoms with E-state index in [0.717, 1.165) is 62.9 Å². The van der Waals surface area contributed by atoms with Gasteiger partial charge in [-0.3, -0.25) is 0 Å². The number of rotatable bonds is 7. The molecule has 2 aliphatic heterocycles. The summed E-state index contributed by atoms with van der Waals surface area (Å²) < 4.78 is 0. The van der Waals surface area contributed by atoms with Crippen LogP contribution < -0.4 is 21.3 Å². The van der Waals surface area contributed by atoms with Crippen LogP contribution in [0.2, 0.25) is 0 Å². The molecule has 4 aliphatic carbocycles. The SMILES string of the molecule is PCC1C2CC3CC(C2)CC1(c1ccc(-c2ccccc2)cc1CP(C1CNCCN1)C1CNCCN1)C3. The van der Waals surface area contributed by atoms with Crippen molar-refractivity contribution in [1.29, 1.82) is 0 Å². The summed E-state index contributed by atoms with van der Waals surface area (Å²) in [5.41, 5.74) is 6.55. The molecule has 6 aliphatic rings. The average molecular weight is 549 g/mol. The van der Waals surface area contributed by atoms with E-state index in [-0.39, 0.29) is 7.92 Å². The molecule has 0 spiro atoms. The lowest BCUT2D eigenvalue weighted by Gasteiger charge is -2.62. The lowest BCUT2D eigenvalue weighted by Crippen LogP contribution is -2.56. The monoisotopic (exact) mass is 548 g/mol. The van der Waals surface area contributed by atoms with Crippen molar-refractivity contribution >= 4 is 17.2 Å². The Bertz CT molecular complexity index is 1070. The molecule has 8 rings (SSSR count). The molecule has 6 fully saturated rings. The van der Waals surface area contributed by atoms with Crippen LogP contribution in [0, 0.1) is 23.7 Å². The zero-order chi connectivity index (χ0) is 25.5. The first kappa shape index (κ1) is 26.1. The molecule has 2 aromatic rings. The van der Waals surface area contributed by atoms with Crippen molar-refractivity contribution in [3.8, 4) is 11.1 Å². The van der Waals surface area contributed by atoms with Gasteiger partial charge in [0, 0.05) is 50.8 Å². The molecule has 6 unspecified atom stereocenters. The molecule has 2 aromatic carbocycles. The number of piperazine rings is 2. The molecular weight excluding hydrogens is 502 g/mol. The molecule has 0 radical (unpaired) electrons. The van der Waals surface area contributed by atoms with E-state index in [1.807, 2.05) is 0 Å². The molecule has 6 atom stereocenters. The Morgan fingerprint density at radius 2 is 1.47 bits per heavy atom. The van der Waals surface area contributed by atoms with E-state index in [1.54, 1.807) is 11.1 Å². The fourth-order valence-electron chi connectivity index (χ4n) is 9.38. The molecule has 4 N–H and O–H groups in total. The fraction of sp³-hybridized carbons (Fsp3) is 0.625. The first-order valence-electron chi connectivity index (χ1n) is 15.3. The maximum absolute atomic E-state index is 3.95. The van der Waals surface area contributed by atoms with Crippen LogP contribution in [0.25, 0.3) is 11.1 Å². The second-order valence-electron chi connectivity index (χ2n) is 12.9. The summed E-state index contributed by atoms with van der Waals surface area (Å²) in [5.74, 6) is 4.82. The van der Waals surface area contributed by atoms with Gasteiger partial charge in [0.2, 0.25) is 0 Å². The van der Waals surface area contributed by atoms with Crippen molar-refractivity contribution in [3.63, 3.8) is 0 Å². The highest BCUT2D eigenvalue weighted by molar-refractivity contribution is 7.58. The molecule has 4 bridgehead atoms. The van der Waals surface area contributed by atoms with Crippen molar-refractivity contribution in [2.45, 2.75) is 55.2 Å². The number of nitrogens with one attached hydrogen (secondary N) is 4. The molecule has 0 amide bonds. The first-order chi connectivity index (χ1) is 18.7. The second-order valence-corrected chi connectivity index (χ2v) is 15.9. The van der Waals surface area contributed by atoms with Crippen molar-refractivity contribution < 1.29 is 0 Å². The van der Waals surface area contributed by atoms with Crippen molar-refractivity contribution in [3.05, 3.63) is 59.7 Å². The smallest absolute Gasteiger partial charge is 0.0413 e. The van der Waals surface area contributed by atoms with E-state index in [4.69, 9.17) is 0 Å². The minimum absolute atomic E-state index is 0.283. The largest absolute Gasteiger partial charge is 0.314 e. The van der Waals surface area contributed by atoms with E-state index >= 15 is 0 Å². The third kappa shape index (κ3) is 4.82. The Balaban J connectivity index is 1.32. The van der Waals surface area contributed by atoms with Crippen molar-refractivity contribution in [1.82, 2.24) is 21.3 Å². The number of hydrogen-bond donors (Lipinski definition) is 4. The van der Waals surface area contributed by atoms with Crippen LogP contribution in [0.15, 0.2) is 48.5 Å². The summed E-state index contributed by atoms with van der Waals surface area (Å²) in [5, 5.41) is 15.3. The van der Waals surface area contributed by atoms with Gasteiger partial charge in [-0.15, -0.1) is 9.24 Å². The van der Waals surface area contributed by atoms with Crippen LogP contribution in [0.5, 0.6) is 0 Å². The van der Waals surface area contributed by atoms with Gasteiger partial charge in [-0.05, 0) is 95.8 Å². The topological polar surface area (TPSA) is 48.1 Å². The van der Waals surface area contributed by atoms with Crippen LogP contribution in [0.4, 0.5) is 0 Å². The second kappa shape index (κ2) is 11.2. The van der Waals surface area contributed by atoms with E-state index in [1.165, 1.54) is 55.6 Å². The first-order valence-corrected chi connectivity index (χ1v) is 17.7. The zero-order valence-electron chi connectivity index (χ0n) is 22.8. The number of benzene rings is 2. The highest BCUT2D eigenvalue weighted by Crippen LogP contribution is 2.65. The van der Waals surface area contributed by atoms with E-state index in [0.29, 0.717) is 17.0 Å². The normalized spacial score (nSPS) is 37.3. The summed E-state index contributed by atoms with van der Waals surface area (Å²) >= 11 is 0. The predicted octanol–water partition coefficient (Wildman–Crippen LogP) is 4.94. The van der Waals surface area contributed by atoms with Crippen LogP contribution in [-0.2, 0) is 11.6 Å². The van der Waals surface area contributed by atoms with E-state index in [2.05, 4.69) is 79.0 Å². The Hall–Kier alpha value is -0.860. The summed E-state index contributed by atoms with van der Waals surface area (Å²) in [6.45, 7) is 6.56. The molecule has 38 heavy (non-hydrogen) atoms. The lowest BCUT2D eigenvalue weighted by molar-refractivity contribution is -0.0520. The van der Waals surface area contributed by atoms with Gasteiger partial charge in [-0.2, -0.15) is 0 Å². The van der Waals surface area contributed by atoms with Crippen molar-refractivity contribution in [2.24, 2.45) is 23.7 Å². The Morgan fingerprint density at radius 1 is 0.789 bits per heavy atom. The van der Waals surface area contributed by atoms with E-state index in [9.17, 15) is 0 Å². The maximum atomic E-state index is 3.95. The Kier molecular flexibility index (Phi) is 7.68. The van der Waals surface area contributed by atoms with Gasteiger partial charge in [0.15, 0.2) is 0 Å². The molecule has 0 aromatic heterocycles.